The zero-order valence-electron chi connectivity index (χ0n) is 19.8. The van der Waals surface area contributed by atoms with E-state index in [9.17, 15) is 19.6 Å². The molecule has 4 aromatic rings. The van der Waals surface area contributed by atoms with Crippen LogP contribution in [0.15, 0.2) is 64.3 Å². The van der Waals surface area contributed by atoms with E-state index in [1.165, 1.54) is 4.57 Å². The molecule has 0 saturated carbocycles. The molecule has 2 N–H and O–H groups in total. The molecule has 2 aromatic heterocycles. The molecule has 9 heteroatoms. The van der Waals surface area contributed by atoms with Gasteiger partial charge in [-0.15, -0.1) is 0 Å². The number of aromatic amines is 1. The first-order chi connectivity index (χ1) is 17.5. The minimum Gasteiger partial charge on any atom is -0.497 e. The molecule has 0 aliphatic carbocycles. The Hall–Kier alpha value is -4.58. The van der Waals surface area contributed by atoms with Crippen molar-refractivity contribution in [3.8, 4) is 11.8 Å². The highest BCUT2D eigenvalue weighted by atomic mass is 16.5. The van der Waals surface area contributed by atoms with Crippen LogP contribution < -0.4 is 21.3 Å². The van der Waals surface area contributed by atoms with E-state index >= 15 is 0 Å². The molecule has 1 aliphatic heterocycles. The standard InChI is InChI=1S/C27H25N5O4/c1-36-18-10-8-17(9-11-18)21(22-15-29-23-6-3-2-5-19(22)23)14-30-25(33)16-32-26(34)20(13-28)24-7-4-12-31(24)27(32)35/h2-3,5-6,8-11,15,21,29H,4,7,12,14,16H2,1H3,(H,30,33)/t21-/m0/s1. The second-order valence-electron chi connectivity index (χ2n) is 8.78. The summed E-state index contributed by atoms with van der Waals surface area (Å²) in [7, 11) is 1.60. The molecule has 1 atom stereocenters. The van der Waals surface area contributed by atoms with Crippen molar-refractivity contribution >= 4 is 16.8 Å². The molecular formula is C27H25N5O4. The van der Waals surface area contributed by atoms with Gasteiger partial charge in [0.25, 0.3) is 5.56 Å². The van der Waals surface area contributed by atoms with Crippen LogP contribution in [0.3, 0.4) is 0 Å². The summed E-state index contributed by atoms with van der Waals surface area (Å²) in [5, 5.41) is 13.4. The van der Waals surface area contributed by atoms with E-state index in [2.05, 4.69) is 10.3 Å². The monoisotopic (exact) mass is 483 g/mol. The van der Waals surface area contributed by atoms with Crippen LogP contribution in [0.4, 0.5) is 0 Å². The molecule has 0 bridgehead atoms. The third-order valence-corrected chi connectivity index (χ3v) is 6.76. The predicted octanol–water partition coefficient (Wildman–Crippen LogP) is 2.27. The molecule has 0 fully saturated rings. The Bertz CT molecular complexity index is 1600. The van der Waals surface area contributed by atoms with Gasteiger partial charge in [0.15, 0.2) is 0 Å². The highest BCUT2D eigenvalue weighted by Gasteiger charge is 2.24. The Morgan fingerprint density at radius 3 is 2.72 bits per heavy atom. The molecule has 182 valence electrons. The smallest absolute Gasteiger partial charge is 0.331 e. The van der Waals surface area contributed by atoms with Crippen molar-refractivity contribution in [2.45, 2.75) is 31.8 Å². The molecule has 1 amide bonds. The van der Waals surface area contributed by atoms with Gasteiger partial charge in [-0.3, -0.25) is 14.2 Å². The van der Waals surface area contributed by atoms with E-state index in [0.717, 1.165) is 32.3 Å². The third-order valence-electron chi connectivity index (χ3n) is 6.76. The maximum atomic E-state index is 13.0. The lowest BCUT2D eigenvalue weighted by Crippen LogP contribution is -2.45. The van der Waals surface area contributed by atoms with Crippen LogP contribution in [-0.4, -0.2) is 33.7 Å². The predicted molar refractivity (Wildman–Crippen MR) is 134 cm³/mol. The number of amides is 1. The molecule has 9 nitrogen and oxygen atoms in total. The van der Waals surface area contributed by atoms with Gasteiger partial charge < -0.3 is 15.0 Å². The van der Waals surface area contributed by atoms with Crippen molar-refractivity contribution in [1.29, 1.82) is 5.26 Å². The largest absolute Gasteiger partial charge is 0.497 e. The van der Waals surface area contributed by atoms with Gasteiger partial charge in [0.2, 0.25) is 5.91 Å². The lowest BCUT2D eigenvalue weighted by molar-refractivity contribution is -0.121. The van der Waals surface area contributed by atoms with Gasteiger partial charge in [-0.25, -0.2) is 9.36 Å². The van der Waals surface area contributed by atoms with E-state index in [1.54, 1.807) is 7.11 Å². The summed E-state index contributed by atoms with van der Waals surface area (Å²) >= 11 is 0. The number of H-pyrrole nitrogens is 1. The van der Waals surface area contributed by atoms with Crippen LogP contribution in [0.2, 0.25) is 0 Å². The Morgan fingerprint density at radius 1 is 1.19 bits per heavy atom. The summed E-state index contributed by atoms with van der Waals surface area (Å²) in [4.78, 5) is 41.9. The van der Waals surface area contributed by atoms with Crippen LogP contribution in [0.1, 0.15) is 34.7 Å². The number of carbonyl (C=O) groups is 1. The second-order valence-corrected chi connectivity index (χ2v) is 8.78. The summed E-state index contributed by atoms with van der Waals surface area (Å²) in [6.45, 7) is 0.236. The van der Waals surface area contributed by atoms with Crippen LogP contribution in [0, 0.1) is 11.3 Å². The van der Waals surface area contributed by atoms with Gasteiger partial charge in [-0.2, -0.15) is 5.26 Å². The molecular weight excluding hydrogens is 458 g/mol. The molecule has 36 heavy (non-hydrogen) atoms. The summed E-state index contributed by atoms with van der Waals surface area (Å²) in [5.41, 5.74) is 2.11. The lowest BCUT2D eigenvalue weighted by atomic mass is 9.91. The van der Waals surface area contributed by atoms with E-state index in [1.807, 2.05) is 60.8 Å². The van der Waals surface area contributed by atoms with Gasteiger partial charge in [-0.05, 0) is 42.2 Å². The minimum absolute atomic E-state index is 0.0604. The summed E-state index contributed by atoms with van der Waals surface area (Å²) < 4.78 is 7.57. The number of carbonyl (C=O) groups excluding carboxylic acids is 1. The van der Waals surface area contributed by atoms with Crippen molar-refractivity contribution < 1.29 is 9.53 Å². The number of aromatic nitrogens is 3. The number of rotatable bonds is 7. The van der Waals surface area contributed by atoms with Crippen LogP contribution in [0.25, 0.3) is 10.9 Å². The van der Waals surface area contributed by atoms with Gasteiger partial charge in [-0.1, -0.05) is 30.3 Å². The number of nitrogens with zero attached hydrogens (tertiary/aromatic N) is 3. The number of methoxy groups -OCH3 is 1. The molecule has 5 rings (SSSR count). The quantitative estimate of drug-likeness (QED) is 0.418. The Morgan fingerprint density at radius 2 is 1.97 bits per heavy atom. The fourth-order valence-electron chi connectivity index (χ4n) is 4.93. The van der Waals surface area contributed by atoms with Crippen molar-refractivity contribution in [2.24, 2.45) is 0 Å². The average molecular weight is 484 g/mol. The second kappa shape index (κ2) is 9.58. The summed E-state index contributed by atoms with van der Waals surface area (Å²) in [5.74, 6) is 0.0590. The fraction of sp³-hybridized carbons (Fsp3) is 0.259. The Labute approximate surface area is 206 Å². The Balaban J connectivity index is 1.43. The number of para-hydroxylation sites is 1. The zero-order valence-corrected chi connectivity index (χ0v) is 19.8. The van der Waals surface area contributed by atoms with Gasteiger partial charge in [0.05, 0.1) is 7.11 Å². The van der Waals surface area contributed by atoms with E-state index < -0.39 is 23.7 Å². The Kier molecular flexibility index (Phi) is 6.17. The van der Waals surface area contributed by atoms with Crippen LogP contribution >= 0.6 is 0 Å². The maximum absolute atomic E-state index is 13.0. The first-order valence-electron chi connectivity index (χ1n) is 11.7. The minimum atomic E-state index is -0.714. The van der Waals surface area contributed by atoms with Crippen molar-refractivity contribution in [2.75, 3.05) is 13.7 Å². The number of benzene rings is 2. The average Bonchev–Trinajstić information content (AvgIpc) is 3.56. The molecule has 0 radical (unpaired) electrons. The number of ether oxygens (including phenoxy) is 1. The molecule has 1 aliphatic rings. The van der Waals surface area contributed by atoms with Crippen molar-refractivity contribution in [3.05, 3.63) is 98.0 Å². The normalized spacial score (nSPS) is 13.2. The third kappa shape index (κ3) is 4.07. The van der Waals surface area contributed by atoms with E-state index in [0.29, 0.717) is 25.1 Å². The molecule has 0 saturated heterocycles. The SMILES string of the molecule is COc1ccc([C@H](CNC(=O)Cn2c(=O)c(C#N)c3n(c2=O)CCC3)c2c[nH]c3ccccc23)cc1. The summed E-state index contributed by atoms with van der Waals surface area (Å²) in [6.07, 6.45) is 3.13. The van der Waals surface area contributed by atoms with Gasteiger partial charge >= 0.3 is 5.69 Å². The van der Waals surface area contributed by atoms with Crippen LogP contribution in [-0.2, 0) is 24.3 Å². The summed E-state index contributed by atoms with van der Waals surface area (Å²) in [6, 6.07) is 17.5. The maximum Gasteiger partial charge on any atom is 0.331 e. The topological polar surface area (TPSA) is 122 Å². The van der Waals surface area contributed by atoms with Crippen molar-refractivity contribution in [3.63, 3.8) is 0 Å². The lowest BCUT2D eigenvalue weighted by Gasteiger charge is -2.19. The highest BCUT2D eigenvalue weighted by Crippen LogP contribution is 2.31. The molecule has 2 aromatic carbocycles. The zero-order chi connectivity index (χ0) is 25.2. The number of hydrogen-bond acceptors (Lipinski definition) is 5. The fourth-order valence-corrected chi connectivity index (χ4v) is 4.93. The van der Waals surface area contributed by atoms with E-state index in [-0.39, 0.29) is 18.0 Å². The van der Waals surface area contributed by atoms with E-state index in [4.69, 9.17) is 4.74 Å². The van der Waals surface area contributed by atoms with Crippen molar-refractivity contribution in [1.82, 2.24) is 19.4 Å². The van der Waals surface area contributed by atoms with Crippen LogP contribution in [0.5, 0.6) is 5.75 Å². The van der Waals surface area contributed by atoms with Gasteiger partial charge in [0.1, 0.15) is 23.9 Å². The molecule has 0 spiro atoms. The molecule has 0 unspecified atom stereocenters. The number of fused-ring (bicyclic) bond motifs is 2. The first kappa shape index (κ1) is 23.2. The number of nitrogens with one attached hydrogen (secondary N) is 2. The highest BCUT2D eigenvalue weighted by molar-refractivity contribution is 5.84. The van der Waals surface area contributed by atoms with Gasteiger partial charge in [0, 0.05) is 41.8 Å². The molecule has 3 heterocycles. The number of hydrogen-bond donors (Lipinski definition) is 2. The number of nitriles is 1. The first-order valence-corrected chi connectivity index (χ1v) is 11.7.